The van der Waals surface area contributed by atoms with Crippen LogP contribution >= 0.6 is 0 Å². The van der Waals surface area contributed by atoms with E-state index in [4.69, 9.17) is 15.3 Å². The van der Waals surface area contributed by atoms with E-state index < -0.39 is 24.1 Å². The molecule has 0 spiro atoms. The third kappa shape index (κ3) is 2.96. The minimum absolute atomic E-state index is 0.311. The SMILES string of the molecule is CCC(O)C(O)[C@H](O)C(C)=O. The molecule has 0 fully saturated rings. The van der Waals surface area contributed by atoms with E-state index >= 15 is 0 Å². The van der Waals surface area contributed by atoms with Crippen LogP contribution in [-0.2, 0) is 4.79 Å². The molecule has 4 heteroatoms. The highest BCUT2D eigenvalue weighted by molar-refractivity contribution is 5.80. The normalized spacial score (nSPS) is 19.0. The van der Waals surface area contributed by atoms with Gasteiger partial charge >= 0.3 is 0 Å². The first kappa shape index (κ1) is 10.6. The van der Waals surface area contributed by atoms with Gasteiger partial charge in [0.05, 0.1) is 6.10 Å². The molecule has 0 rings (SSSR count). The van der Waals surface area contributed by atoms with E-state index in [9.17, 15) is 4.79 Å². The van der Waals surface area contributed by atoms with Gasteiger partial charge in [0.2, 0.25) is 0 Å². The summed E-state index contributed by atoms with van der Waals surface area (Å²) in [6.07, 6.45) is -3.55. The van der Waals surface area contributed by atoms with Crippen LogP contribution < -0.4 is 0 Å². The largest absolute Gasteiger partial charge is 0.390 e. The molecular formula is C7H14O4. The summed E-state index contributed by atoms with van der Waals surface area (Å²) in [4.78, 5) is 10.5. The molecule has 0 radical (unpaired) electrons. The third-order valence-electron chi connectivity index (χ3n) is 1.55. The van der Waals surface area contributed by atoms with Gasteiger partial charge in [-0.1, -0.05) is 6.92 Å². The number of carbonyl (C=O) groups is 1. The van der Waals surface area contributed by atoms with E-state index in [0.717, 1.165) is 6.92 Å². The summed E-state index contributed by atoms with van der Waals surface area (Å²) in [5.41, 5.74) is 0. The fraction of sp³-hybridized carbons (Fsp3) is 0.857. The molecule has 4 nitrogen and oxygen atoms in total. The Kier molecular flexibility index (Phi) is 4.25. The van der Waals surface area contributed by atoms with Crippen molar-refractivity contribution in [1.82, 2.24) is 0 Å². The second kappa shape index (κ2) is 4.43. The van der Waals surface area contributed by atoms with Crippen LogP contribution in [0.4, 0.5) is 0 Å². The minimum Gasteiger partial charge on any atom is -0.390 e. The molecule has 2 unspecified atom stereocenters. The van der Waals surface area contributed by atoms with Gasteiger partial charge < -0.3 is 15.3 Å². The molecule has 0 aliphatic carbocycles. The summed E-state index contributed by atoms with van der Waals surface area (Å²) in [6, 6.07) is 0. The number of ketones is 1. The van der Waals surface area contributed by atoms with Crippen molar-refractivity contribution in [2.45, 2.75) is 38.6 Å². The smallest absolute Gasteiger partial charge is 0.160 e. The number of aliphatic hydroxyl groups excluding tert-OH is 3. The summed E-state index contributed by atoms with van der Waals surface area (Å²) in [6.45, 7) is 2.82. The van der Waals surface area contributed by atoms with Gasteiger partial charge in [0.1, 0.15) is 12.2 Å². The quantitative estimate of drug-likeness (QED) is 0.499. The van der Waals surface area contributed by atoms with Crippen LogP contribution in [0.25, 0.3) is 0 Å². The van der Waals surface area contributed by atoms with Crippen molar-refractivity contribution < 1.29 is 20.1 Å². The van der Waals surface area contributed by atoms with Gasteiger partial charge in [0, 0.05) is 0 Å². The fourth-order valence-corrected chi connectivity index (χ4v) is 0.692. The number of aliphatic hydroxyl groups is 3. The fourth-order valence-electron chi connectivity index (χ4n) is 0.692. The number of carbonyl (C=O) groups excluding carboxylic acids is 1. The monoisotopic (exact) mass is 162 g/mol. The number of Topliss-reactive ketones (excluding diaryl/α,β-unsaturated/α-hetero) is 1. The number of hydrogen-bond acceptors (Lipinski definition) is 4. The first-order valence-electron chi connectivity index (χ1n) is 3.55. The highest BCUT2D eigenvalue weighted by Crippen LogP contribution is 2.04. The second-order valence-corrected chi connectivity index (χ2v) is 2.52. The number of rotatable bonds is 4. The maximum absolute atomic E-state index is 10.5. The van der Waals surface area contributed by atoms with Crippen molar-refractivity contribution in [1.29, 1.82) is 0 Å². The van der Waals surface area contributed by atoms with Gasteiger partial charge in [0.15, 0.2) is 5.78 Å². The zero-order chi connectivity index (χ0) is 9.02. The molecular weight excluding hydrogens is 148 g/mol. The van der Waals surface area contributed by atoms with Crippen molar-refractivity contribution in [3.05, 3.63) is 0 Å². The average molecular weight is 162 g/mol. The molecule has 0 saturated carbocycles. The van der Waals surface area contributed by atoms with Crippen LogP contribution in [0.3, 0.4) is 0 Å². The van der Waals surface area contributed by atoms with Crippen LogP contribution in [0.5, 0.6) is 0 Å². The Hall–Kier alpha value is -0.450. The van der Waals surface area contributed by atoms with E-state index in [1.54, 1.807) is 6.92 Å². The Morgan fingerprint density at radius 1 is 1.36 bits per heavy atom. The lowest BCUT2D eigenvalue weighted by atomic mass is 10.0. The van der Waals surface area contributed by atoms with E-state index in [-0.39, 0.29) is 0 Å². The van der Waals surface area contributed by atoms with Crippen LogP contribution in [0, 0.1) is 0 Å². The Labute approximate surface area is 65.5 Å². The molecule has 3 N–H and O–H groups in total. The standard InChI is InChI=1S/C7H14O4/c1-3-5(9)7(11)6(10)4(2)8/h5-7,9-11H,3H2,1-2H3/t5?,6-,7?/m1/s1. The van der Waals surface area contributed by atoms with Gasteiger partial charge in [-0.2, -0.15) is 0 Å². The Morgan fingerprint density at radius 3 is 2.09 bits per heavy atom. The van der Waals surface area contributed by atoms with Crippen LogP contribution in [0.15, 0.2) is 0 Å². The highest BCUT2D eigenvalue weighted by Gasteiger charge is 2.26. The summed E-state index contributed by atoms with van der Waals surface area (Å²) in [7, 11) is 0. The lowest BCUT2D eigenvalue weighted by Crippen LogP contribution is -2.40. The van der Waals surface area contributed by atoms with E-state index in [0.29, 0.717) is 6.42 Å². The molecule has 0 heterocycles. The van der Waals surface area contributed by atoms with Gasteiger partial charge in [-0.25, -0.2) is 0 Å². The predicted octanol–water partition coefficient (Wildman–Crippen LogP) is -0.932. The topological polar surface area (TPSA) is 77.8 Å². The summed E-state index contributed by atoms with van der Waals surface area (Å²) >= 11 is 0. The maximum Gasteiger partial charge on any atom is 0.160 e. The summed E-state index contributed by atoms with van der Waals surface area (Å²) in [5, 5.41) is 27.0. The molecule has 0 saturated heterocycles. The zero-order valence-electron chi connectivity index (χ0n) is 6.69. The molecule has 0 aliphatic heterocycles. The summed E-state index contributed by atoms with van der Waals surface area (Å²) < 4.78 is 0. The van der Waals surface area contributed by atoms with Crippen LogP contribution in [0.2, 0.25) is 0 Å². The molecule has 0 aromatic carbocycles. The van der Waals surface area contributed by atoms with Crippen molar-refractivity contribution >= 4 is 5.78 Å². The zero-order valence-corrected chi connectivity index (χ0v) is 6.69. The third-order valence-corrected chi connectivity index (χ3v) is 1.55. The Bertz CT molecular complexity index is 134. The van der Waals surface area contributed by atoms with E-state index in [2.05, 4.69) is 0 Å². The average Bonchev–Trinajstić information content (AvgIpc) is 2.00. The van der Waals surface area contributed by atoms with Gasteiger partial charge in [0.25, 0.3) is 0 Å². The predicted molar refractivity (Wildman–Crippen MR) is 39.0 cm³/mol. The molecule has 0 amide bonds. The van der Waals surface area contributed by atoms with Gasteiger partial charge in [-0.15, -0.1) is 0 Å². The first-order chi connectivity index (χ1) is 5.00. The van der Waals surface area contributed by atoms with E-state index in [1.807, 2.05) is 0 Å². The van der Waals surface area contributed by atoms with Crippen molar-refractivity contribution in [2.24, 2.45) is 0 Å². The van der Waals surface area contributed by atoms with Crippen molar-refractivity contribution in [3.8, 4) is 0 Å². The molecule has 3 atom stereocenters. The Morgan fingerprint density at radius 2 is 1.82 bits per heavy atom. The first-order valence-corrected chi connectivity index (χ1v) is 3.55. The van der Waals surface area contributed by atoms with Gasteiger partial charge in [-0.05, 0) is 13.3 Å². The van der Waals surface area contributed by atoms with E-state index in [1.165, 1.54) is 0 Å². The van der Waals surface area contributed by atoms with Crippen LogP contribution in [0.1, 0.15) is 20.3 Å². The lowest BCUT2D eigenvalue weighted by molar-refractivity contribution is -0.136. The second-order valence-electron chi connectivity index (χ2n) is 2.52. The molecule has 11 heavy (non-hydrogen) atoms. The molecule has 0 bridgehead atoms. The molecule has 0 aliphatic rings. The molecule has 0 aromatic rings. The number of hydrogen-bond donors (Lipinski definition) is 3. The van der Waals surface area contributed by atoms with Crippen molar-refractivity contribution in [3.63, 3.8) is 0 Å². The molecule has 0 aromatic heterocycles. The highest BCUT2D eigenvalue weighted by atomic mass is 16.4. The Balaban J connectivity index is 4.00. The summed E-state index contributed by atoms with van der Waals surface area (Å²) in [5.74, 6) is -0.537. The lowest BCUT2D eigenvalue weighted by Gasteiger charge is -2.19. The van der Waals surface area contributed by atoms with Crippen LogP contribution in [-0.4, -0.2) is 39.4 Å². The molecule has 66 valence electrons. The van der Waals surface area contributed by atoms with Crippen molar-refractivity contribution in [2.75, 3.05) is 0 Å². The minimum atomic E-state index is -1.47. The maximum atomic E-state index is 10.5. The van der Waals surface area contributed by atoms with Gasteiger partial charge in [-0.3, -0.25) is 4.79 Å².